The molecule has 1 unspecified atom stereocenters. The number of ether oxygens (including phenoxy) is 1. The normalized spacial score (nSPS) is 19.1. The Balaban J connectivity index is 2.07. The number of nitrogens with zero attached hydrogens (tertiary/aromatic N) is 1. The summed E-state index contributed by atoms with van der Waals surface area (Å²) >= 11 is 0. The molecule has 1 aromatic carbocycles. The molecule has 1 N–H and O–H groups in total. The van der Waals surface area contributed by atoms with Gasteiger partial charge >= 0.3 is 0 Å². The molecule has 0 aliphatic carbocycles. The topological polar surface area (TPSA) is 34.2 Å². The summed E-state index contributed by atoms with van der Waals surface area (Å²) in [7, 11) is 0. The van der Waals surface area contributed by atoms with Crippen LogP contribution in [0.4, 0.5) is 0 Å². The molecular weight excluding hydrogens is 332 g/mol. The zero-order chi connectivity index (χ0) is 19.3. The molecule has 3 rings (SSSR count). The van der Waals surface area contributed by atoms with Gasteiger partial charge in [-0.15, -0.1) is 0 Å². The molecule has 0 fully saturated rings. The van der Waals surface area contributed by atoms with Crippen molar-refractivity contribution in [3.63, 3.8) is 0 Å². The quantitative estimate of drug-likeness (QED) is 0.648. The number of hydrogen-bond donors (Lipinski definition) is 1. The number of benzene rings is 1. The van der Waals surface area contributed by atoms with Gasteiger partial charge in [-0.1, -0.05) is 58.2 Å². The number of hydrogen-bond acceptors (Lipinski definition) is 3. The van der Waals surface area contributed by atoms with Crippen LogP contribution in [-0.4, -0.2) is 18.1 Å². The van der Waals surface area contributed by atoms with E-state index >= 15 is 0 Å². The van der Waals surface area contributed by atoms with Crippen LogP contribution in [0.2, 0.25) is 0 Å². The van der Waals surface area contributed by atoms with Gasteiger partial charge in [0.1, 0.15) is 5.75 Å². The van der Waals surface area contributed by atoms with Crippen molar-refractivity contribution >= 4 is 0 Å². The Labute approximate surface area is 164 Å². The molecule has 2 aromatic rings. The molecule has 0 radical (unpaired) electrons. The predicted molar refractivity (Wildman–Crippen MR) is 113 cm³/mol. The number of pyridine rings is 1. The summed E-state index contributed by atoms with van der Waals surface area (Å²) in [5.41, 5.74) is 4.98. The second-order valence-electron chi connectivity index (χ2n) is 7.64. The highest BCUT2D eigenvalue weighted by Gasteiger charge is 2.41. The first-order valence-corrected chi connectivity index (χ1v) is 10.6. The van der Waals surface area contributed by atoms with E-state index in [0.29, 0.717) is 12.5 Å². The molecule has 0 saturated carbocycles. The van der Waals surface area contributed by atoms with Crippen LogP contribution in [0.25, 0.3) is 11.3 Å². The SMILES string of the molecule is CCCC1(C(CC)CC)CNCc2nc(-c3ccccc3OCC)ccc21. The Bertz CT molecular complexity index is 754. The summed E-state index contributed by atoms with van der Waals surface area (Å²) in [4.78, 5) is 5.11. The maximum absolute atomic E-state index is 5.83. The summed E-state index contributed by atoms with van der Waals surface area (Å²) in [6, 6.07) is 12.8. The zero-order valence-electron chi connectivity index (χ0n) is 17.3. The number of aromatic nitrogens is 1. The van der Waals surface area contributed by atoms with Crippen LogP contribution < -0.4 is 10.1 Å². The van der Waals surface area contributed by atoms with E-state index in [1.54, 1.807) is 0 Å². The molecule has 3 nitrogen and oxygen atoms in total. The standard InChI is InChI=1S/C24H34N2O/c1-5-15-24(18(6-2)7-3)17-25-16-22-20(24)13-14-21(26-22)19-11-9-10-12-23(19)27-8-4/h9-14,18,25H,5-8,15-17H2,1-4H3. The lowest BCUT2D eigenvalue weighted by Gasteiger charge is -2.45. The molecule has 1 atom stereocenters. The van der Waals surface area contributed by atoms with Crippen molar-refractivity contribution in [1.82, 2.24) is 10.3 Å². The Morgan fingerprint density at radius 2 is 1.85 bits per heavy atom. The van der Waals surface area contributed by atoms with Crippen LogP contribution in [-0.2, 0) is 12.0 Å². The summed E-state index contributed by atoms with van der Waals surface area (Å²) in [6.07, 6.45) is 4.85. The molecule has 2 heterocycles. The first-order chi connectivity index (χ1) is 13.2. The van der Waals surface area contributed by atoms with Crippen molar-refractivity contribution in [2.75, 3.05) is 13.2 Å². The van der Waals surface area contributed by atoms with Crippen molar-refractivity contribution in [2.45, 2.75) is 65.3 Å². The molecule has 146 valence electrons. The van der Waals surface area contributed by atoms with Gasteiger partial charge in [0.15, 0.2) is 0 Å². The van der Waals surface area contributed by atoms with E-state index in [9.17, 15) is 0 Å². The minimum absolute atomic E-state index is 0.205. The third-order valence-corrected chi connectivity index (χ3v) is 6.17. The van der Waals surface area contributed by atoms with Crippen molar-refractivity contribution in [1.29, 1.82) is 0 Å². The molecule has 1 aromatic heterocycles. The average Bonchev–Trinajstić information content (AvgIpc) is 2.70. The molecule has 27 heavy (non-hydrogen) atoms. The van der Waals surface area contributed by atoms with Gasteiger partial charge in [-0.2, -0.15) is 0 Å². The van der Waals surface area contributed by atoms with Gasteiger partial charge in [0.05, 0.1) is 18.0 Å². The van der Waals surface area contributed by atoms with Gasteiger partial charge in [0.2, 0.25) is 0 Å². The number of rotatable bonds is 8. The van der Waals surface area contributed by atoms with E-state index in [2.05, 4.69) is 50.4 Å². The second kappa shape index (κ2) is 8.88. The maximum Gasteiger partial charge on any atom is 0.128 e. The number of para-hydroxylation sites is 1. The lowest BCUT2D eigenvalue weighted by molar-refractivity contribution is 0.207. The van der Waals surface area contributed by atoms with Gasteiger partial charge in [-0.05, 0) is 43.0 Å². The number of fused-ring (bicyclic) bond motifs is 1. The fourth-order valence-corrected chi connectivity index (χ4v) is 5.01. The van der Waals surface area contributed by atoms with Crippen molar-refractivity contribution in [3.05, 3.63) is 47.7 Å². The summed E-state index contributed by atoms with van der Waals surface area (Å²) < 4.78 is 5.83. The summed E-state index contributed by atoms with van der Waals surface area (Å²) in [5, 5.41) is 3.69. The van der Waals surface area contributed by atoms with Crippen molar-refractivity contribution < 1.29 is 4.74 Å². The molecule has 0 bridgehead atoms. The highest BCUT2D eigenvalue weighted by atomic mass is 16.5. The molecule has 0 amide bonds. The summed E-state index contributed by atoms with van der Waals surface area (Å²) in [6.45, 7) is 11.6. The molecule has 0 spiro atoms. The largest absolute Gasteiger partial charge is 0.493 e. The van der Waals surface area contributed by atoms with Gasteiger partial charge in [0, 0.05) is 24.1 Å². The fraction of sp³-hybridized carbons (Fsp3) is 0.542. The summed E-state index contributed by atoms with van der Waals surface area (Å²) in [5.74, 6) is 1.60. The first-order valence-electron chi connectivity index (χ1n) is 10.6. The predicted octanol–water partition coefficient (Wildman–Crippen LogP) is 5.72. The van der Waals surface area contributed by atoms with Gasteiger partial charge < -0.3 is 10.1 Å². The van der Waals surface area contributed by atoms with Crippen molar-refractivity contribution in [3.8, 4) is 17.0 Å². The maximum atomic E-state index is 5.83. The average molecular weight is 367 g/mol. The van der Waals surface area contributed by atoms with Crippen LogP contribution in [0, 0.1) is 5.92 Å². The Morgan fingerprint density at radius 1 is 1.07 bits per heavy atom. The Kier molecular flexibility index (Phi) is 6.54. The van der Waals surface area contributed by atoms with Crippen molar-refractivity contribution in [2.24, 2.45) is 5.92 Å². The van der Waals surface area contributed by atoms with Crippen LogP contribution in [0.1, 0.15) is 64.6 Å². The highest BCUT2D eigenvalue weighted by Crippen LogP contribution is 2.44. The number of nitrogens with one attached hydrogen (secondary N) is 1. The van der Waals surface area contributed by atoms with Crippen LogP contribution in [0.5, 0.6) is 5.75 Å². The van der Waals surface area contributed by atoms with E-state index in [-0.39, 0.29) is 5.41 Å². The first kappa shape index (κ1) is 19.9. The molecule has 1 aliphatic heterocycles. The highest BCUT2D eigenvalue weighted by molar-refractivity contribution is 5.67. The van der Waals surface area contributed by atoms with Gasteiger partial charge in [-0.3, -0.25) is 4.98 Å². The molecular formula is C24H34N2O. The molecule has 3 heteroatoms. The lowest BCUT2D eigenvalue weighted by Crippen LogP contribution is -2.48. The minimum Gasteiger partial charge on any atom is -0.493 e. The molecule has 0 saturated heterocycles. The Hall–Kier alpha value is -1.87. The fourth-order valence-electron chi connectivity index (χ4n) is 5.01. The lowest BCUT2D eigenvalue weighted by atomic mass is 9.63. The van der Waals surface area contributed by atoms with Gasteiger partial charge in [-0.25, -0.2) is 0 Å². The minimum atomic E-state index is 0.205. The van der Waals surface area contributed by atoms with E-state index in [0.717, 1.165) is 30.1 Å². The van der Waals surface area contributed by atoms with E-state index in [1.807, 2.05) is 19.1 Å². The van der Waals surface area contributed by atoms with E-state index in [1.165, 1.54) is 36.9 Å². The van der Waals surface area contributed by atoms with E-state index in [4.69, 9.17) is 9.72 Å². The monoisotopic (exact) mass is 366 g/mol. The second-order valence-corrected chi connectivity index (χ2v) is 7.64. The van der Waals surface area contributed by atoms with Gasteiger partial charge in [0.25, 0.3) is 0 Å². The van der Waals surface area contributed by atoms with Crippen LogP contribution >= 0.6 is 0 Å². The third kappa shape index (κ3) is 3.75. The van der Waals surface area contributed by atoms with E-state index < -0.39 is 0 Å². The Morgan fingerprint density at radius 3 is 2.56 bits per heavy atom. The smallest absolute Gasteiger partial charge is 0.128 e. The van der Waals surface area contributed by atoms with Crippen LogP contribution in [0.3, 0.4) is 0 Å². The van der Waals surface area contributed by atoms with Crippen LogP contribution in [0.15, 0.2) is 36.4 Å². The zero-order valence-corrected chi connectivity index (χ0v) is 17.3. The molecule has 1 aliphatic rings. The third-order valence-electron chi connectivity index (χ3n) is 6.17.